The lowest BCUT2D eigenvalue weighted by molar-refractivity contribution is 0.666. The highest BCUT2D eigenvalue weighted by Crippen LogP contribution is 2.23. The van der Waals surface area contributed by atoms with Crippen molar-refractivity contribution in [2.24, 2.45) is 0 Å². The second-order valence-electron chi connectivity index (χ2n) is 6.06. The van der Waals surface area contributed by atoms with Crippen molar-refractivity contribution < 1.29 is 0 Å². The molecule has 5 heteroatoms. The lowest BCUT2D eigenvalue weighted by Gasteiger charge is -2.04. The second kappa shape index (κ2) is 5.80. The monoisotopic (exact) mass is 336 g/mol. The van der Waals surface area contributed by atoms with Gasteiger partial charge in [0.25, 0.3) is 0 Å². The molecule has 120 valence electrons. The molecule has 0 saturated heterocycles. The third-order valence-electron chi connectivity index (χ3n) is 4.12. The zero-order valence-electron chi connectivity index (χ0n) is 13.5. The molecule has 0 bridgehead atoms. The number of hydrogen-bond acceptors (Lipinski definition) is 2. The first-order valence-corrected chi connectivity index (χ1v) is 8.22. The summed E-state index contributed by atoms with van der Waals surface area (Å²) >= 11 is 6.04. The average molecular weight is 337 g/mol. The van der Waals surface area contributed by atoms with E-state index in [0.29, 0.717) is 5.02 Å². The maximum atomic E-state index is 6.04. The molecule has 1 N–H and O–H groups in total. The van der Waals surface area contributed by atoms with Gasteiger partial charge >= 0.3 is 0 Å². The van der Waals surface area contributed by atoms with E-state index < -0.39 is 0 Å². The third-order valence-corrected chi connectivity index (χ3v) is 4.36. The standard InChI is InChI=1S/C19H17ClN4/c1-12-3-5-14(6-4-12)11-24-13(2)9-18(23-24)19-21-16-8-7-15(20)10-17(16)22-19/h3-10H,11H2,1-2H3,(H,21,22). The Balaban J connectivity index is 1.67. The van der Waals surface area contributed by atoms with E-state index in [-0.39, 0.29) is 0 Å². The van der Waals surface area contributed by atoms with Gasteiger partial charge in [-0.3, -0.25) is 4.68 Å². The summed E-state index contributed by atoms with van der Waals surface area (Å²) in [5.74, 6) is 0.762. The van der Waals surface area contributed by atoms with E-state index in [4.69, 9.17) is 16.7 Å². The molecule has 0 radical (unpaired) electrons. The number of nitrogens with zero attached hydrogens (tertiary/aromatic N) is 3. The van der Waals surface area contributed by atoms with Gasteiger partial charge in [0.05, 0.1) is 17.6 Å². The van der Waals surface area contributed by atoms with Crippen molar-refractivity contribution >= 4 is 22.6 Å². The Bertz CT molecular complexity index is 1010. The molecule has 24 heavy (non-hydrogen) atoms. The SMILES string of the molecule is Cc1ccc(Cn2nc(-c3nc4ccc(Cl)cc4[nH]3)cc2C)cc1. The van der Waals surface area contributed by atoms with Crippen LogP contribution in [-0.2, 0) is 6.54 Å². The Labute approximate surface area is 145 Å². The minimum atomic E-state index is 0.693. The zero-order chi connectivity index (χ0) is 16.7. The Morgan fingerprint density at radius 3 is 2.62 bits per heavy atom. The lowest BCUT2D eigenvalue weighted by atomic mass is 10.1. The van der Waals surface area contributed by atoms with E-state index in [1.165, 1.54) is 11.1 Å². The maximum Gasteiger partial charge on any atom is 0.159 e. The molecule has 2 aromatic heterocycles. The average Bonchev–Trinajstić information content (AvgIpc) is 3.13. The molecular formula is C19H17ClN4. The van der Waals surface area contributed by atoms with Crippen molar-refractivity contribution in [1.29, 1.82) is 0 Å². The summed E-state index contributed by atoms with van der Waals surface area (Å²) in [5, 5.41) is 5.40. The van der Waals surface area contributed by atoms with Gasteiger partial charge in [-0.15, -0.1) is 0 Å². The van der Waals surface area contributed by atoms with Crippen LogP contribution in [0.2, 0.25) is 5.02 Å². The number of fused-ring (bicyclic) bond motifs is 1. The summed E-state index contributed by atoms with van der Waals surface area (Å²) in [6.07, 6.45) is 0. The van der Waals surface area contributed by atoms with Crippen molar-refractivity contribution in [2.75, 3.05) is 0 Å². The number of rotatable bonds is 3. The first-order valence-electron chi connectivity index (χ1n) is 7.84. The number of halogens is 1. The molecule has 0 fully saturated rings. The number of aryl methyl sites for hydroxylation is 2. The highest BCUT2D eigenvalue weighted by Gasteiger charge is 2.11. The predicted molar refractivity (Wildman–Crippen MR) is 97.3 cm³/mol. The Morgan fingerprint density at radius 2 is 1.83 bits per heavy atom. The molecule has 4 aromatic rings. The van der Waals surface area contributed by atoms with Crippen molar-refractivity contribution in [3.8, 4) is 11.5 Å². The van der Waals surface area contributed by atoms with Crippen LogP contribution < -0.4 is 0 Å². The smallest absolute Gasteiger partial charge is 0.159 e. The number of hydrogen-bond donors (Lipinski definition) is 1. The van der Waals surface area contributed by atoms with Crippen LogP contribution in [-0.4, -0.2) is 19.7 Å². The van der Waals surface area contributed by atoms with Crippen molar-refractivity contribution in [3.63, 3.8) is 0 Å². The number of aromatic nitrogens is 4. The normalized spacial score (nSPS) is 11.3. The van der Waals surface area contributed by atoms with E-state index in [1.807, 2.05) is 28.9 Å². The maximum absolute atomic E-state index is 6.04. The lowest BCUT2D eigenvalue weighted by Crippen LogP contribution is -2.03. The summed E-state index contributed by atoms with van der Waals surface area (Å²) in [6.45, 7) is 4.90. The summed E-state index contributed by atoms with van der Waals surface area (Å²) in [4.78, 5) is 7.90. The second-order valence-corrected chi connectivity index (χ2v) is 6.50. The molecule has 0 aliphatic rings. The van der Waals surface area contributed by atoms with Crippen molar-refractivity contribution in [2.45, 2.75) is 20.4 Å². The van der Waals surface area contributed by atoms with Gasteiger partial charge in [0.2, 0.25) is 0 Å². The first kappa shape index (κ1) is 15.0. The number of imidazole rings is 1. The van der Waals surface area contributed by atoms with Crippen LogP contribution >= 0.6 is 11.6 Å². The van der Waals surface area contributed by atoms with Crippen LogP contribution in [0.25, 0.3) is 22.6 Å². The molecule has 0 aliphatic carbocycles. The number of nitrogens with one attached hydrogen (secondary N) is 1. The van der Waals surface area contributed by atoms with Crippen LogP contribution in [0.15, 0.2) is 48.5 Å². The van der Waals surface area contributed by atoms with Crippen LogP contribution in [0.3, 0.4) is 0 Å². The van der Waals surface area contributed by atoms with Gasteiger partial charge in [0.1, 0.15) is 5.69 Å². The molecular weight excluding hydrogens is 320 g/mol. The summed E-state index contributed by atoms with van der Waals surface area (Å²) in [7, 11) is 0. The molecule has 2 aromatic carbocycles. The minimum Gasteiger partial charge on any atom is -0.337 e. The van der Waals surface area contributed by atoms with Gasteiger partial charge in [-0.25, -0.2) is 4.98 Å². The summed E-state index contributed by atoms with van der Waals surface area (Å²) in [6, 6.07) is 16.2. The van der Waals surface area contributed by atoms with Crippen molar-refractivity contribution in [3.05, 3.63) is 70.4 Å². The largest absolute Gasteiger partial charge is 0.337 e. The predicted octanol–water partition coefficient (Wildman–Crippen LogP) is 4.74. The fraction of sp³-hybridized carbons (Fsp3) is 0.158. The van der Waals surface area contributed by atoms with Gasteiger partial charge in [-0.2, -0.15) is 5.10 Å². The Morgan fingerprint density at radius 1 is 1.04 bits per heavy atom. The van der Waals surface area contributed by atoms with Gasteiger partial charge < -0.3 is 4.98 Å². The van der Waals surface area contributed by atoms with Crippen LogP contribution in [0.5, 0.6) is 0 Å². The number of aromatic amines is 1. The van der Waals surface area contributed by atoms with E-state index in [0.717, 1.165) is 34.8 Å². The van der Waals surface area contributed by atoms with Gasteiger partial charge in [-0.05, 0) is 43.7 Å². The van der Waals surface area contributed by atoms with Crippen LogP contribution in [0, 0.1) is 13.8 Å². The fourth-order valence-electron chi connectivity index (χ4n) is 2.76. The van der Waals surface area contributed by atoms with E-state index in [1.54, 1.807) is 0 Å². The Hall–Kier alpha value is -2.59. The third kappa shape index (κ3) is 2.81. The van der Waals surface area contributed by atoms with Crippen molar-refractivity contribution in [1.82, 2.24) is 19.7 Å². The zero-order valence-corrected chi connectivity index (χ0v) is 14.3. The summed E-state index contributed by atoms with van der Waals surface area (Å²) in [5.41, 5.74) is 6.24. The number of benzene rings is 2. The highest BCUT2D eigenvalue weighted by molar-refractivity contribution is 6.31. The van der Waals surface area contributed by atoms with Crippen LogP contribution in [0.4, 0.5) is 0 Å². The molecule has 0 saturated carbocycles. The molecule has 4 nitrogen and oxygen atoms in total. The molecule has 4 rings (SSSR count). The molecule has 0 spiro atoms. The van der Waals surface area contributed by atoms with E-state index in [9.17, 15) is 0 Å². The highest BCUT2D eigenvalue weighted by atomic mass is 35.5. The van der Waals surface area contributed by atoms with Gasteiger partial charge in [-0.1, -0.05) is 41.4 Å². The fourth-order valence-corrected chi connectivity index (χ4v) is 2.93. The van der Waals surface area contributed by atoms with Gasteiger partial charge in [0, 0.05) is 10.7 Å². The molecule has 0 aliphatic heterocycles. The Kier molecular flexibility index (Phi) is 3.62. The van der Waals surface area contributed by atoms with E-state index >= 15 is 0 Å². The molecule has 0 unspecified atom stereocenters. The topological polar surface area (TPSA) is 46.5 Å². The molecule has 2 heterocycles. The van der Waals surface area contributed by atoms with Gasteiger partial charge in [0.15, 0.2) is 5.82 Å². The molecule has 0 atom stereocenters. The van der Waals surface area contributed by atoms with E-state index in [2.05, 4.69) is 48.1 Å². The number of H-pyrrole nitrogens is 1. The minimum absolute atomic E-state index is 0.693. The summed E-state index contributed by atoms with van der Waals surface area (Å²) < 4.78 is 2.00. The quantitative estimate of drug-likeness (QED) is 0.587. The van der Waals surface area contributed by atoms with Crippen LogP contribution in [0.1, 0.15) is 16.8 Å². The molecule has 0 amide bonds. The first-order chi connectivity index (χ1) is 11.6.